The van der Waals surface area contributed by atoms with Crippen molar-refractivity contribution < 1.29 is 80.5 Å². The quantitative estimate of drug-likeness (QED) is 0.0421. The molecule has 1 fully saturated rings. The molecule has 1 aliphatic rings. The first-order valence-corrected chi connectivity index (χ1v) is 20.0. The average Bonchev–Trinajstić information content (AvgIpc) is 3.57. The summed E-state index contributed by atoms with van der Waals surface area (Å²) in [5, 5.41) is 26.1. The Balaban J connectivity index is 0.00000936. The number of carbonyl (C=O) groups excluding carboxylic acids is 3. The Morgan fingerprint density at radius 1 is 1.08 bits per heavy atom. The third-order valence-corrected chi connectivity index (χ3v) is 10.7. The number of thioether (sulfide) groups is 1. The minimum atomic E-state index is -5.56. The number of anilines is 1. The van der Waals surface area contributed by atoms with Gasteiger partial charge in [0.25, 0.3) is 0 Å². The number of nitrogen functional groups attached to an aromatic ring is 1. The number of imidazole rings is 1. The summed E-state index contributed by atoms with van der Waals surface area (Å²) in [5.41, 5.74) is 4.26. The molecule has 0 aromatic carbocycles. The number of nitrogens with two attached hydrogens (primary N) is 1. The van der Waals surface area contributed by atoms with Crippen LogP contribution in [0, 0.1) is 5.41 Å². The van der Waals surface area contributed by atoms with Gasteiger partial charge < -0.3 is 50.9 Å². The van der Waals surface area contributed by atoms with E-state index in [0.717, 1.165) is 29.0 Å². The van der Waals surface area contributed by atoms with Gasteiger partial charge in [-0.3, -0.25) is 32.5 Å². The first-order chi connectivity index (χ1) is 23.5. The molecule has 3 rings (SSSR count). The van der Waals surface area contributed by atoms with Gasteiger partial charge in [0, 0.05) is 37.6 Å². The Hall–Kier alpha value is -1.44. The monoisotopic (exact) mass is 833 g/mol. The number of ether oxygens (including phenoxy) is 1. The number of aliphatic hydroxyl groups is 2. The van der Waals surface area contributed by atoms with Crippen molar-refractivity contribution in [3.05, 3.63) is 12.7 Å². The number of nitrogens with zero attached hydrogens (tertiary/aromatic N) is 4. The Morgan fingerprint density at radius 3 is 2.37 bits per heavy atom. The minimum absolute atomic E-state index is 0. The van der Waals surface area contributed by atoms with E-state index in [4.69, 9.17) is 19.5 Å². The van der Waals surface area contributed by atoms with E-state index in [-0.39, 0.29) is 71.2 Å². The summed E-state index contributed by atoms with van der Waals surface area (Å²) in [4.78, 5) is 85.9. The predicted molar refractivity (Wildman–Crippen MR) is 180 cm³/mol. The Bertz CT molecular complexity index is 1720. The molecule has 10 N–H and O–H groups in total. The van der Waals surface area contributed by atoms with Gasteiger partial charge in [0.1, 0.15) is 36.3 Å². The van der Waals surface area contributed by atoms with E-state index in [1.165, 1.54) is 20.8 Å². The van der Waals surface area contributed by atoms with Crippen LogP contribution in [0.4, 0.5) is 5.82 Å². The fraction of sp³-hybridized carbons (Fsp3) is 0.652. The molecule has 3 heterocycles. The van der Waals surface area contributed by atoms with Crippen molar-refractivity contribution >= 4 is 98.7 Å². The van der Waals surface area contributed by atoms with Crippen LogP contribution in [0.3, 0.4) is 0 Å². The zero-order valence-electron chi connectivity index (χ0n) is 27.1. The second-order valence-corrected chi connectivity index (χ2v) is 16.9. The summed E-state index contributed by atoms with van der Waals surface area (Å²) in [6.07, 6.45) is -6.88. The molecule has 2 aromatic heterocycles. The van der Waals surface area contributed by atoms with Gasteiger partial charge in [0.15, 0.2) is 22.8 Å². The number of carbonyl (C=O) groups is 3. The van der Waals surface area contributed by atoms with Crippen LogP contribution in [0.5, 0.6) is 0 Å². The maximum atomic E-state index is 12.6. The second kappa shape index (κ2) is 19.4. The summed E-state index contributed by atoms with van der Waals surface area (Å²) in [6, 6.07) is 0. The maximum absolute atomic E-state index is 12.6. The van der Waals surface area contributed by atoms with Gasteiger partial charge in [-0.25, -0.2) is 28.6 Å². The SMILES string of the molecule is CC(=O)SCCNC(=O)CCNC(=O)C(O)C(C)(C)COP(=O)(O)OP(=O)(O)OC[C@H]1O[C@@H](n2cnc3c(N)ncnc32)[C@H](O)[C@@H]1OP(=O)(O)O.[NaH]. The zero-order valence-corrected chi connectivity index (χ0v) is 30.6. The number of hydrogen-bond acceptors (Lipinski definition) is 18. The second-order valence-electron chi connectivity index (χ2n) is 11.4. The van der Waals surface area contributed by atoms with Crippen LogP contribution in [-0.2, 0) is 50.7 Å². The molecule has 2 amide bonds. The molecule has 52 heavy (non-hydrogen) atoms. The fourth-order valence-corrected chi connectivity index (χ4v) is 7.65. The number of rotatable bonds is 19. The van der Waals surface area contributed by atoms with E-state index in [2.05, 4.69) is 34.4 Å². The molecule has 7 atom stereocenters. The van der Waals surface area contributed by atoms with E-state index in [1.54, 1.807) is 0 Å². The van der Waals surface area contributed by atoms with Crippen molar-refractivity contribution in [2.24, 2.45) is 5.41 Å². The van der Waals surface area contributed by atoms with Crippen LogP contribution in [0.25, 0.3) is 11.2 Å². The summed E-state index contributed by atoms with van der Waals surface area (Å²) in [5.74, 6) is -1.08. The number of phosphoric acid groups is 3. The van der Waals surface area contributed by atoms with Crippen LogP contribution in [-0.4, -0.2) is 152 Å². The fourth-order valence-electron chi connectivity index (χ4n) is 4.32. The predicted octanol–water partition coefficient (Wildman–Crippen LogP) is -1.96. The van der Waals surface area contributed by atoms with Crippen molar-refractivity contribution in [1.82, 2.24) is 30.2 Å². The first-order valence-electron chi connectivity index (χ1n) is 14.5. The summed E-state index contributed by atoms with van der Waals surface area (Å²) < 4.78 is 61.8. The van der Waals surface area contributed by atoms with E-state index < -0.39 is 84.6 Å². The normalized spacial score (nSPS) is 22.2. The number of aromatic nitrogens is 4. The third-order valence-electron chi connectivity index (χ3n) is 6.81. The van der Waals surface area contributed by atoms with Crippen molar-refractivity contribution in [1.29, 1.82) is 0 Å². The molecule has 290 valence electrons. The number of phosphoric ester groups is 3. The zero-order chi connectivity index (χ0) is 38.4. The molecule has 0 bridgehead atoms. The van der Waals surface area contributed by atoms with Gasteiger partial charge in [0.2, 0.25) is 11.8 Å². The Labute approximate surface area is 321 Å². The first kappa shape index (κ1) is 46.7. The Morgan fingerprint density at radius 2 is 1.73 bits per heavy atom. The molecule has 0 aliphatic carbocycles. The van der Waals surface area contributed by atoms with Gasteiger partial charge in [-0.15, -0.1) is 0 Å². The third kappa shape index (κ3) is 14.0. The molecule has 2 aromatic rings. The van der Waals surface area contributed by atoms with E-state index in [1.807, 2.05) is 0 Å². The van der Waals surface area contributed by atoms with E-state index in [0.29, 0.717) is 5.75 Å². The van der Waals surface area contributed by atoms with Crippen LogP contribution >= 0.6 is 35.2 Å². The average molecular weight is 834 g/mol. The molecule has 24 nitrogen and oxygen atoms in total. The van der Waals surface area contributed by atoms with Crippen molar-refractivity contribution in [3.8, 4) is 0 Å². The molecule has 1 aliphatic heterocycles. The van der Waals surface area contributed by atoms with Gasteiger partial charge in [0.05, 0.1) is 19.5 Å². The van der Waals surface area contributed by atoms with Crippen LogP contribution in [0.2, 0.25) is 0 Å². The molecular formula is C23H39N7NaO17P3S. The number of amides is 2. The molecule has 0 radical (unpaired) electrons. The van der Waals surface area contributed by atoms with Gasteiger partial charge >= 0.3 is 53.0 Å². The summed E-state index contributed by atoms with van der Waals surface area (Å²) in [7, 11) is -16.4. The number of hydrogen-bond donors (Lipinski definition) is 9. The molecular weight excluding hydrogens is 794 g/mol. The van der Waals surface area contributed by atoms with Crippen molar-refractivity contribution in [3.63, 3.8) is 0 Å². The van der Waals surface area contributed by atoms with E-state index >= 15 is 0 Å². The van der Waals surface area contributed by atoms with Crippen LogP contribution < -0.4 is 16.4 Å². The van der Waals surface area contributed by atoms with Gasteiger partial charge in [-0.1, -0.05) is 25.6 Å². The van der Waals surface area contributed by atoms with Gasteiger partial charge in [-0.2, -0.15) is 4.31 Å². The van der Waals surface area contributed by atoms with Crippen LogP contribution in [0.15, 0.2) is 12.7 Å². The molecule has 0 saturated carbocycles. The van der Waals surface area contributed by atoms with Crippen molar-refractivity contribution in [2.75, 3.05) is 37.8 Å². The number of fused-ring (bicyclic) bond motifs is 1. The molecule has 1 saturated heterocycles. The standard InChI is InChI=1S/C23H38N7O17P3S.Na.H/c1-12(31)51-7-6-25-14(32)4-5-26-21(35)18(34)23(2,3)9-44-50(41,42)47-49(39,40)43-8-13-17(46-48(36,37)38)16(33)22(45-13)30-11-29-15-19(24)27-10-28-20(15)30;;/h10-11,13,16-18,22,33-34H,4-9H2,1-3H3,(H,25,32)(H,26,35)(H,39,40)(H,41,42)(H2,24,27,28)(H2,36,37,38);;/t13-,16-,17-,18?,22-;;/m1../s1. The molecule has 0 spiro atoms. The van der Waals surface area contributed by atoms with Crippen molar-refractivity contribution in [2.45, 2.75) is 57.8 Å². The Kier molecular flexibility index (Phi) is 17.5. The van der Waals surface area contributed by atoms with Gasteiger partial charge in [-0.05, 0) is 0 Å². The number of nitrogens with one attached hydrogen (secondary N) is 2. The summed E-state index contributed by atoms with van der Waals surface area (Å²) in [6.45, 7) is 1.90. The summed E-state index contributed by atoms with van der Waals surface area (Å²) >= 11 is 1.03. The topological polar surface area (TPSA) is 364 Å². The number of aliphatic hydroxyl groups excluding tert-OH is 2. The van der Waals surface area contributed by atoms with Crippen LogP contribution in [0.1, 0.15) is 33.4 Å². The molecule has 3 unspecified atom stereocenters. The van der Waals surface area contributed by atoms with E-state index in [9.17, 15) is 57.9 Å². The molecule has 29 heteroatoms.